The van der Waals surface area contributed by atoms with Gasteiger partial charge in [0.1, 0.15) is 0 Å². The molecule has 2 nitrogen and oxygen atoms in total. The summed E-state index contributed by atoms with van der Waals surface area (Å²) >= 11 is 0. The number of aryl methyl sites for hydroxylation is 1. The summed E-state index contributed by atoms with van der Waals surface area (Å²) in [5.41, 5.74) is 2.08. The molecular weight excluding hydrogens is 272 g/mol. The van der Waals surface area contributed by atoms with Crippen LogP contribution in [0.4, 0.5) is 0 Å². The molecule has 0 heterocycles. The fourth-order valence-corrected chi connectivity index (χ4v) is 2.93. The van der Waals surface area contributed by atoms with Gasteiger partial charge in [-0.2, -0.15) is 0 Å². The maximum Gasteiger partial charge on any atom is 0.310 e. The van der Waals surface area contributed by atoms with Gasteiger partial charge in [-0.1, -0.05) is 72.8 Å². The molecule has 0 unspecified atom stereocenters. The van der Waals surface area contributed by atoms with Crippen molar-refractivity contribution in [1.29, 1.82) is 0 Å². The molecule has 110 valence electrons. The molecule has 0 saturated carbocycles. The fraction of sp³-hybridized carbons (Fsp3) is 0.150. The van der Waals surface area contributed by atoms with E-state index < -0.39 is 11.9 Å². The van der Waals surface area contributed by atoms with Gasteiger partial charge < -0.3 is 5.11 Å². The summed E-state index contributed by atoms with van der Waals surface area (Å²) < 4.78 is 0. The molecule has 0 aliphatic carbocycles. The highest BCUT2D eigenvalue weighted by Gasteiger charge is 2.19. The van der Waals surface area contributed by atoms with E-state index in [1.54, 1.807) is 0 Å². The molecule has 0 aliphatic rings. The summed E-state index contributed by atoms with van der Waals surface area (Å²) in [7, 11) is 0. The molecule has 0 aliphatic heterocycles. The van der Waals surface area contributed by atoms with Crippen molar-refractivity contribution in [2.24, 2.45) is 0 Å². The molecule has 0 aromatic heterocycles. The van der Waals surface area contributed by atoms with E-state index in [0.717, 1.165) is 12.0 Å². The van der Waals surface area contributed by atoms with Crippen LogP contribution in [0.3, 0.4) is 0 Å². The molecular formula is C20H18O2. The number of rotatable bonds is 5. The number of benzene rings is 3. The van der Waals surface area contributed by atoms with Gasteiger partial charge in [-0.15, -0.1) is 0 Å². The van der Waals surface area contributed by atoms with Gasteiger partial charge in [-0.25, -0.2) is 0 Å². The minimum Gasteiger partial charge on any atom is -0.481 e. The molecule has 3 aromatic rings. The monoisotopic (exact) mass is 290 g/mol. The minimum absolute atomic E-state index is 0.458. The molecule has 22 heavy (non-hydrogen) atoms. The highest BCUT2D eigenvalue weighted by Crippen LogP contribution is 2.25. The maximum atomic E-state index is 11.6. The van der Waals surface area contributed by atoms with E-state index in [9.17, 15) is 9.90 Å². The topological polar surface area (TPSA) is 37.3 Å². The van der Waals surface area contributed by atoms with Crippen LogP contribution in [0, 0.1) is 0 Å². The first kappa shape index (κ1) is 14.3. The zero-order valence-corrected chi connectivity index (χ0v) is 12.3. The Morgan fingerprint density at radius 1 is 0.864 bits per heavy atom. The number of carbonyl (C=O) groups is 1. The largest absolute Gasteiger partial charge is 0.481 e. The van der Waals surface area contributed by atoms with E-state index in [1.165, 1.54) is 16.3 Å². The summed E-state index contributed by atoms with van der Waals surface area (Å²) in [6.07, 6.45) is 1.36. The van der Waals surface area contributed by atoms with Crippen LogP contribution in [0.25, 0.3) is 10.8 Å². The zero-order chi connectivity index (χ0) is 15.4. The number of aliphatic carboxylic acids is 1. The Bertz CT molecular complexity index is 773. The third kappa shape index (κ3) is 3.01. The van der Waals surface area contributed by atoms with Crippen LogP contribution >= 0.6 is 0 Å². The second-order valence-electron chi connectivity index (χ2n) is 5.48. The number of hydrogen-bond donors (Lipinski definition) is 1. The predicted octanol–water partition coefficient (Wildman–Crippen LogP) is 4.64. The Balaban J connectivity index is 1.84. The first-order chi connectivity index (χ1) is 10.8. The van der Waals surface area contributed by atoms with Crippen molar-refractivity contribution in [3.8, 4) is 0 Å². The molecule has 0 amide bonds. The Hall–Kier alpha value is -2.61. The van der Waals surface area contributed by atoms with Gasteiger partial charge in [-0.05, 0) is 34.7 Å². The van der Waals surface area contributed by atoms with Crippen LogP contribution in [0.5, 0.6) is 0 Å². The van der Waals surface area contributed by atoms with Crippen molar-refractivity contribution in [2.45, 2.75) is 18.8 Å². The third-order valence-corrected chi connectivity index (χ3v) is 4.08. The first-order valence-corrected chi connectivity index (χ1v) is 7.50. The smallest absolute Gasteiger partial charge is 0.310 e. The summed E-state index contributed by atoms with van der Waals surface area (Å²) in [4.78, 5) is 11.6. The Morgan fingerprint density at radius 2 is 1.55 bits per heavy atom. The van der Waals surface area contributed by atoms with Gasteiger partial charge in [-0.3, -0.25) is 4.79 Å². The van der Waals surface area contributed by atoms with Crippen LogP contribution in [-0.4, -0.2) is 11.1 Å². The number of hydrogen-bond acceptors (Lipinski definition) is 1. The van der Waals surface area contributed by atoms with E-state index in [0.29, 0.717) is 6.42 Å². The summed E-state index contributed by atoms with van der Waals surface area (Å²) in [6, 6.07) is 23.9. The van der Waals surface area contributed by atoms with Crippen LogP contribution in [0.15, 0.2) is 72.8 Å². The van der Waals surface area contributed by atoms with Crippen molar-refractivity contribution >= 4 is 16.7 Å². The molecule has 0 fully saturated rings. The van der Waals surface area contributed by atoms with E-state index in [2.05, 4.69) is 24.3 Å². The number of carboxylic acid groups (broad SMARTS) is 1. The standard InChI is InChI=1S/C20H18O2/c21-20(22)19(16-7-2-1-3-8-16)14-13-17-11-6-10-15-9-4-5-12-18(15)17/h1-12,19H,13-14H2,(H,21,22)/t19-/m1/s1. The Morgan fingerprint density at radius 3 is 2.32 bits per heavy atom. The summed E-state index contributed by atoms with van der Waals surface area (Å²) in [5.74, 6) is -1.22. The molecule has 3 rings (SSSR count). The van der Waals surface area contributed by atoms with E-state index in [1.807, 2.05) is 48.5 Å². The highest BCUT2D eigenvalue weighted by molar-refractivity contribution is 5.85. The zero-order valence-electron chi connectivity index (χ0n) is 12.3. The molecule has 0 spiro atoms. The highest BCUT2D eigenvalue weighted by atomic mass is 16.4. The lowest BCUT2D eigenvalue weighted by atomic mass is 9.91. The van der Waals surface area contributed by atoms with Crippen LogP contribution in [-0.2, 0) is 11.2 Å². The molecule has 2 heteroatoms. The fourth-order valence-electron chi connectivity index (χ4n) is 2.93. The van der Waals surface area contributed by atoms with E-state index >= 15 is 0 Å². The van der Waals surface area contributed by atoms with E-state index in [4.69, 9.17) is 0 Å². The second kappa shape index (κ2) is 6.44. The quantitative estimate of drug-likeness (QED) is 0.743. The van der Waals surface area contributed by atoms with Gasteiger partial charge in [0.25, 0.3) is 0 Å². The molecule has 0 radical (unpaired) electrons. The molecule has 1 atom stereocenters. The SMILES string of the molecule is O=C(O)[C@H](CCc1cccc2ccccc12)c1ccccc1. The normalized spacial score (nSPS) is 12.2. The van der Waals surface area contributed by atoms with Gasteiger partial charge in [0.2, 0.25) is 0 Å². The predicted molar refractivity (Wildman–Crippen MR) is 89.1 cm³/mol. The van der Waals surface area contributed by atoms with Crippen molar-refractivity contribution < 1.29 is 9.90 Å². The molecule has 0 bridgehead atoms. The minimum atomic E-state index is -0.758. The van der Waals surface area contributed by atoms with Gasteiger partial charge in [0, 0.05) is 0 Å². The van der Waals surface area contributed by atoms with E-state index in [-0.39, 0.29) is 0 Å². The summed E-state index contributed by atoms with van der Waals surface area (Å²) in [5, 5.41) is 11.9. The average molecular weight is 290 g/mol. The molecule has 0 saturated heterocycles. The molecule has 3 aromatic carbocycles. The van der Waals surface area contributed by atoms with Crippen molar-refractivity contribution in [3.63, 3.8) is 0 Å². The van der Waals surface area contributed by atoms with Gasteiger partial charge >= 0.3 is 5.97 Å². The van der Waals surface area contributed by atoms with Gasteiger partial charge in [0.15, 0.2) is 0 Å². The Kier molecular flexibility index (Phi) is 4.19. The van der Waals surface area contributed by atoms with Crippen LogP contribution in [0.1, 0.15) is 23.5 Å². The average Bonchev–Trinajstić information content (AvgIpc) is 2.56. The number of carboxylic acids is 1. The summed E-state index contributed by atoms with van der Waals surface area (Å²) in [6.45, 7) is 0. The number of fused-ring (bicyclic) bond motifs is 1. The van der Waals surface area contributed by atoms with Crippen LogP contribution in [0.2, 0.25) is 0 Å². The van der Waals surface area contributed by atoms with Crippen molar-refractivity contribution in [2.75, 3.05) is 0 Å². The Labute approximate surface area is 130 Å². The second-order valence-corrected chi connectivity index (χ2v) is 5.48. The van der Waals surface area contributed by atoms with Crippen molar-refractivity contribution in [3.05, 3.63) is 83.9 Å². The van der Waals surface area contributed by atoms with Gasteiger partial charge in [0.05, 0.1) is 5.92 Å². The lowest BCUT2D eigenvalue weighted by Gasteiger charge is -2.13. The first-order valence-electron chi connectivity index (χ1n) is 7.50. The maximum absolute atomic E-state index is 11.6. The molecule has 1 N–H and O–H groups in total. The lowest BCUT2D eigenvalue weighted by molar-refractivity contribution is -0.138. The van der Waals surface area contributed by atoms with Crippen molar-refractivity contribution in [1.82, 2.24) is 0 Å². The third-order valence-electron chi connectivity index (χ3n) is 4.08. The lowest BCUT2D eigenvalue weighted by Crippen LogP contribution is -2.12. The van der Waals surface area contributed by atoms with Crippen LogP contribution < -0.4 is 0 Å².